The number of amides is 1. The number of fused-ring (bicyclic) bond motifs is 3. The number of aromatic nitrogens is 3. The monoisotopic (exact) mass is 332 g/mol. The van der Waals surface area contributed by atoms with Gasteiger partial charge in [0.15, 0.2) is 5.16 Å². The number of nitrogens with zero attached hydrogens (tertiary/aromatic N) is 2. The molecule has 3 aromatic rings. The van der Waals surface area contributed by atoms with Gasteiger partial charge in [-0.2, -0.15) is 0 Å². The minimum Gasteiger partial charge on any atom is -0.383 e. The number of hydrogen-bond donors (Lipinski definition) is 2. The lowest BCUT2D eigenvalue weighted by atomic mass is 10.2. The molecule has 0 saturated heterocycles. The Labute approximate surface area is 135 Å². The number of benzene rings is 1. The molecule has 0 radical (unpaired) electrons. The van der Waals surface area contributed by atoms with Gasteiger partial charge in [0.25, 0.3) is 5.56 Å². The first-order valence-electron chi connectivity index (χ1n) is 7.03. The van der Waals surface area contributed by atoms with Gasteiger partial charge in [0, 0.05) is 18.0 Å². The van der Waals surface area contributed by atoms with E-state index in [1.54, 1.807) is 7.11 Å². The van der Waals surface area contributed by atoms with Gasteiger partial charge in [0.1, 0.15) is 11.0 Å². The Kier molecular flexibility index (Phi) is 4.35. The summed E-state index contributed by atoms with van der Waals surface area (Å²) in [4.78, 5) is 31.5. The fraction of sp³-hybridized carbons (Fsp3) is 0.267. The van der Waals surface area contributed by atoms with Gasteiger partial charge in [-0.05, 0) is 6.07 Å². The molecule has 3 rings (SSSR count). The Morgan fingerprint density at radius 2 is 2.22 bits per heavy atom. The van der Waals surface area contributed by atoms with Gasteiger partial charge in [-0.25, -0.2) is 4.98 Å². The van der Waals surface area contributed by atoms with Gasteiger partial charge in [-0.15, -0.1) is 0 Å². The standard InChI is InChI=1S/C15H16N4O3S/c1-22-7-6-19-14(21)13-12(18-15(19)23-8-11(16)20)9-4-2-3-5-10(9)17-13/h2-5,17H,6-8H2,1H3,(H2,16,20). The quantitative estimate of drug-likeness (QED) is 0.520. The van der Waals surface area contributed by atoms with Gasteiger partial charge in [0.2, 0.25) is 5.91 Å². The number of ether oxygens (including phenoxy) is 1. The van der Waals surface area contributed by atoms with Crippen LogP contribution in [-0.2, 0) is 16.1 Å². The fourth-order valence-corrected chi connectivity index (χ4v) is 3.16. The van der Waals surface area contributed by atoms with Crippen molar-refractivity contribution in [3.05, 3.63) is 34.6 Å². The molecule has 2 aromatic heterocycles. The first-order chi connectivity index (χ1) is 11.1. The second kappa shape index (κ2) is 6.43. The summed E-state index contributed by atoms with van der Waals surface area (Å²) in [7, 11) is 1.57. The number of rotatable bonds is 6. The number of H-pyrrole nitrogens is 1. The fourth-order valence-electron chi connectivity index (χ4n) is 2.40. The van der Waals surface area contributed by atoms with Crippen LogP contribution in [0.4, 0.5) is 0 Å². The molecule has 0 atom stereocenters. The van der Waals surface area contributed by atoms with Crippen LogP contribution in [0.2, 0.25) is 0 Å². The number of primary amides is 1. The summed E-state index contributed by atoms with van der Waals surface area (Å²) in [6.45, 7) is 0.728. The van der Waals surface area contributed by atoms with E-state index in [0.29, 0.717) is 29.3 Å². The van der Waals surface area contributed by atoms with E-state index in [0.717, 1.165) is 22.7 Å². The van der Waals surface area contributed by atoms with Crippen LogP contribution in [0.1, 0.15) is 0 Å². The zero-order valence-electron chi connectivity index (χ0n) is 12.5. The van der Waals surface area contributed by atoms with Crippen molar-refractivity contribution in [1.82, 2.24) is 14.5 Å². The molecule has 23 heavy (non-hydrogen) atoms. The third kappa shape index (κ3) is 2.95. The summed E-state index contributed by atoms with van der Waals surface area (Å²) in [5.74, 6) is -0.394. The average molecular weight is 332 g/mol. The lowest BCUT2D eigenvalue weighted by Gasteiger charge is -2.10. The highest BCUT2D eigenvalue weighted by Gasteiger charge is 2.16. The molecule has 1 aromatic carbocycles. The highest BCUT2D eigenvalue weighted by Crippen LogP contribution is 2.24. The van der Waals surface area contributed by atoms with Gasteiger partial charge in [-0.3, -0.25) is 14.2 Å². The third-order valence-corrected chi connectivity index (χ3v) is 4.44. The summed E-state index contributed by atoms with van der Waals surface area (Å²) >= 11 is 1.15. The molecular weight excluding hydrogens is 316 g/mol. The van der Waals surface area contributed by atoms with E-state index in [1.807, 2.05) is 24.3 Å². The molecule has 2 heterocycles. The summed E-state index contributed by atoms with van der Waals surface area (Å²) in [5, 5.41) is 1.34. The summed E-state index contributed by atoms with van der Waals surface area (Å²) in [6, 6.07) is 7.59. The highest BCUT2D eigenvalue weighted by atomic mass is 32.2. The molecule has 1 amide bonds. The average Bonchev–Trinajstić information content (AvgIpc) is 2.91. The molecule has 0 spiro atoms. The normalized spacial score (nSPS) is 11.3. The lowest BCUT2D eigenvalue weighted by Crippen LogP contribution is -2.26. The van der Waals surface area contributed by atoms with Crippen molar-refractivity contribution in [2.75, 3.05) is 19.5 Å². The van der Waals surface area contributed by atoms with Crippen LogP contribution in [0.25, 0.3) is 21.9 Å². The van der Waals surface area contributed by atoms with Gasteiger partial charge in [-0.1, -0.05) is 30.0 Å². The van der Waals surface area contributed by atoms with Crippen LogP contribution in [0.3, 0.4) is 0 Å². The first kappa shape index (κ1) is 15.6. The smallest absolute Gasteiger partial charge is 0.278 e. The maximum atomic E-state index is 12.8. The molecule has 8 heteroatoms. The Balaban J connectivity index is 2.22. The number of carbonyl (C=O) groups excluding carboxylic acids is 1. The van der Waals surface area contributed by atoms with Crippen molar-refractivity contribution < 1.29 is 9.53 Å². The van der Waals surface area contributed by atoms with Crippen molar-refractivity contribution in [3.63, 3.8) is 0 Å². The zero-order valence-corrected chi connectivity index (χ0v) is 13.4. The first-order valence-corrected chi connectivity index (χ1v) is 8.01. The molecule has 3 N–H and O–H groups in total. The summed E-state index contributed by atoms with van der Waals surface area (Å²) in [5.41, 5.74) is 6.92. The maximum Gasteiger partial charge on any atom is 0.278 e. The summed E-state index contributed by atoms with van der Waals surface area (Å²) in [6.07, 6.45) is 0. The van der Waals surface area contributed by atoms with E-state index >= 15 is 0 Å². The minimum absolute atomic E-state index is 0.0628. The van der Waals surface area contributed by atoms with Gasteiger partial charge < -0.3 is 15.5 Å². The number of para-hydroxylation sites is 1. The molecule has 0 saturated carbocycles. The third-order valence-electron chi connectivity index (χ3n) is 3.44. The van der Waals surface area contributed by atoms with Gasteiger partial charge in [0.05, 0.1) is 18.9 Å². The lowest BCUT2D eigenvalue weighted by molar-refractivity contribution is -0.115. The zero-order chi connectivity index (χ0) is 16.4. The Morgan fingerprint density at radius 1 is 1.43 bits per heavy atom. The Bertz CT molecular complexity index is 932. The molecular formula is C15H16N4O3S. The molecule has 0 aliphatic rings. The number of carbonyl (C=O) groups is 1. The molecule has 0 aliphatic carbocycles. The van der Waals surface area contributed by atoms with Crippen LogP contribution in [0.5, 0.6) is 0 Å². The van der Waals surface area contributed by atoms with E-state index in [2.05, 4.69) is 9.97 Å². The van der Waals surface area contributed by atoms with E-state index in [9.17, 15) is 9.59 Å². The Hall–Kier alpha value is -2.32. The van der Waals surface area contributed by atoms with E-state index in [-0.39, 0.29) is 11.3 Å². The van der Waals surface area contributed by atoms with Crippen LogP contribution in [0.15, 0.2) is 34.2 Å². The second-order valence-corrected chi connectivity index (χ2v) is 5.94. The maximum absolute atomic E-state index is 12.8. The van der Waals surface area contributed by atoms with Crippen LogP contribution < -0.4 is 11.3 Å². The van der Waals surface area contributed by atoms with E-state index in [4.69, 9.17) is 10.5 Å². The second-order valence-electron chi connectivity index (χ2n) is 4.99. The largest absolute Gasteiger partial charge is 0.383 e. The molecule has 0 fully saturated rings. The van der Waals surface area contributed by atoms with Gasteiger partial charge >= 0.3 is 0 Å². The topological polar surface area (TPSA) is 103 Å². The molecule has 0 bridgehead atoms. The number of nitrogens with two attached hydrogens (primary N) is 1. The van der Waals surface area contributed by atoms with Crippen molar-refractivity contribution in [1.29, 1.82) is 0 Å². The number of aromatic amines is 1. The van der Waals surface area contributed by atoms with Crippen molar-refractivity contribution in [2.45, 2.75) is 11.7 Å². The number of methoxy groups -OCH3 is 1. The Morgan fingerprint density at radius 3 is 2.96 bits per heavy atom. The molecule has 0 unspecified atom stereocenters. The molecule has 7 nitrogen and oxygen atoms in total. The predicted octanol–water partition coefficient (Wildman–Crippen LogP) is 1.10. The molecule has 120 valence electrons. The molecule has 0 aliphatic heterocycles. The SMILES string of the molecule is COCCn1c(SCC(N)=O)nc2c([nH]c3ccccc32)c1=O. The van der Waals surface area contributed by atoms with Crippen LogP contribution in [0, 0.1) is 0 Å². The minimum atomic E-state index is -0.457. The number of nitrogens with one attached hydrogen (secondary N) is 1. The van der Waals surface area contributed by atoms with Crippen molar-refractivity contribution in [2.24, 2.45) is 5.73 Å². The van der Waals surface area contributed by atoms with E-state index < -0.39 is 5.91 Å². The van der Waals surface area contributed by atoms with E-state index in [1.165, 1.54) is 4.57 Å². The van der Waals surface area contributed by atoms with Crippen LogP contribution in [-0.4, -0.2) is 39.9 Å². The summed E-state index contributed by atoms with van der Waals surface area (Å²) < 4.78 is 6.56. The predicted molar refractivity (Wildman–Crippen MR) is 89.7 cm³/mol. The van der Waals surface area contributed by atoms with Crippen molar-refractivity contribution >= 4 is 39.6 Å². The number of hydrogen-bond acceptors (Lipinski definition) is 5. The number of thioether (sulfide) groups is 1. The highest BCUT2D eigenvalue weighted by molar-refractivity contribution is 7.99. The van der Waals surface area contributed by atoms with Crippen molar-refractivity contribution in [3.8, 4) is 0 Å². The van der Waals surface area contributed by atoms with Crippen LogP contribution >= 0.6 is 11.8 Å².